The topological polar surface area (TPSA) is 52.7 Å². The van der Waals surface area contributed by atoms with Gasteiger partial charge in [0.25, 0.3) is 0 Å². The van der Waals surface area contributed by atoms with Gasteiger partial charge >= 0.3 is 0 Å². The molecule has 1 aliphatic rings. The highest BCUT2D eigenvalue weighted by atomic mass is 16.2. The molecule has 17 heavy (non-hydrogen) atoms. The van der Waals surface area contributed by atoms with E-state index in [9.17, 15) is 9.59 Å². The number of carbonyl (C=O) groups is 2. The molecule has 0 aliphatic carbocycles. The molecule has 1 rings (SSSR count). The monoisotopic (exact) mass is 241 g/mol. The van der Waals surface area contributed by atoms with Gasteiger partial charge in [-0.2, -0.15) is 0 Å². The summed E-state index contributed by atoms with van der Waals surface area (Å²) < 4.78 is 0. The fourth-order valence-corrected chi connectivity index (χ4v) is 1.89. The second-order valence-corrected chi connectivity index (χ2v) is 4.33. The lowest BCUT2D eigenvalue weighted by atomic mass is 10.2. The minimum atomic E-state index is 0.0635. The molecule has 0 atom stereocenters. The van der Waals surface area contributed by atoms with Crippen molar-refractivity contribution in [2.45, 2.75) is 26.7 Å². The number of piperazine rings is 1. The van der Waals surface area contributed by atoms with Gasteiger partial charge in [0.1, 0.15) is 0 Å². The highest BCUT2D eigenvalue weighted by Gasteiger charge is 2.27. The van der Waals surface area contributed by atoms with Crippen molar-refractivity contribution in [1.29, 1.82) is 0 Å². The Balaban J connectivity index is 2.25. The number of likely N-dealkylation sites (N-methyl/N-ethyl adjacent to an activating group) is 1. The van der Waals surface area contributed by atoms with Gasteiger partial charge in [-0.05, 0) is 32.9 Å². The van der Waals surface area contributed by atoms with E-state index in [4.69, 9.17) is 0 Å². The molecular weight excluding hydrogens is 218 g/mol. The molecule has 1 aliphatic heterocycles. The van der Waals surface area contributed by atoms with E-state index in [0.717, 1.165) is 25.9 Å². The van der Waals surface area contributed by atoms with Crippen LogP contribution in [0.25, 0.3) is 0 Å². The summed E-state index contributed by atoms with van der Waals surface area (Å²) in [6, 6.07) is 0. The Bertz CT molecular complexity index is 268. The molecule has 98 valence electrons. The van der Waals surface area contributed by atoms with Crippen molar-refractivity contribution in [2.24, 2.45) is 0 Å². The third-order valence-corrected chi connectivity index (χ3v) is 2.95. The van der Waals surface area contributed by atoms with Crippen LogP contribution in [0.4, 0.5) is 0 Å². The molecule has 2 amide bonds. The quantitative estimate of drug-likeness (QED) is 0.642. The van der Waals surface area contributed by atoms with Crippen molar-refractivity contribution in [1.82, 2.24) is 15.1 Å². The van der Waals surface area contributed by atoms with Crippen LogP contribution in [-0.4, -0.2) is 60.9 Å². The number of amides is 2. The van der Waals surface area contributed by atoms with Gasteiger partial charge in [-0.25, -0.2) is 0 Å². The van der Waals surface area contributed by atoms with Crippen LogP contribution in [0.3, 0.4) is 0 Å². The molecular formula is C12H23N3O2. The van der Waals surface area contributed by atoms with Crippen LogP contribution in [0.1, 0.15) is 26.7 Å². The lowest BCUT2D eigenvalue weighted by Crippen LogP contribution is -2.53. The van der Waals surface area contributed by atoms with Crippen LogP contribution in [0.5, 0.6) is 0 Å². The first-order valence-corrected chi connectivity index (χ1v) is 6.45. The average Bonchev–Trinajstić information content (AvgIpc) is 2.32. The third kappa shape index (κ3) is 4.34. The smallest absolute Gasteiger partial charge is 0.242 e. The Morgan fingerprint density at radius 3 is 2.35 bits per heavy atom. The number of carbonyl (C=O) groups excluding carboxylic acids is 2. The van der Waals surface area contributed by atoms with Crippen molar-refractivity contribution in [3.05, 3.63) is 0 Å². The molecule has 1 N–H and O–H groups in total. The fraction of sp³-hybridized carbons (Fsp3) is 0.833. The van der Waals surface area contributed by atoms with E-state index < -0.39 is 0 Å². The molecule has 1 fully saturated rings. The fourth-order valence-electron chi connectivity index (χ4n) is 1.89. The lowest BCUT2D eigenvalue weighted by Gasteiger charge is -2.33. The molecule has 0 aromatic heterocycles. The summed E-state index contributed by atoms with van der Waals surface area (Å²) in [6.45, 7) is 7.74. The van der Waals surface area contributed by atoms with Crippen LogP contribution in [0.2, 0.25) is 0 Å². The molecule has 0 bridgehead atoms. The van der Waals surface area contributed by atoms with Crippen molar-refractivity contribution >= 4 is 11.8 Å². The zero-order valence-electron chi connectivity index (χ0n) is 10.9. The Kier molecular flexibility index (Phi) is 5.97. The molecule has 0 spiro atoms. The molecule has 1 heterocycles. The molecule has 0 radical (unpaired) electrons. The minimum absolute atomic E-state index is 0.0635. The third-order valence-electron chi connectivity index (χ3n) is 2.95. The highest BCUT2D eigenvalue weighted by Crippen LogP contribution is 2.04. The van der Waals surface area contributed by atoms with Gasteiger partial charge < -0.3 is 15.1 Å². The zero-order valence-corrected chi connectivity index (χ0v) is 10.9. The van der Waals surface area contributed by atoms with Crippen LogP contribution < -0.4 is 5.32 Å². The minimum Gasteiger partial charge on any atom is -0.332 e. The van der Waals surface area contributed by atoms with E-state index in [1.165, 1.54) is 0 Å². The molecule has 5 nitrogen and oxygen atoms in total. The molecule has 0 unspecified atom stereocenters. The first kappa shape index (κ1) is 14.0. The van der Waals surface area contributed by atoms with Crippen molar-refractivity contribution < 1.29 is 9.59 Å². The molecule has 5 heteroatoms. The Labute approximate surface area is 103 Å². The predicted octanol–water partition coefficient (Wildman–Crippen LogP) is 0.0668. The largest absolute Gasteiger partial charge is 0.332 e. The first-order chi connectivity index (χ1) is 8.19. The summed E-state index contributed by atoms with van der Waals surface area (Å²) in [5.41, 5.74) is 0. The Morgan fingerprint density at radius 1 is 1.06 bits per heavy atom. The molecule has 0 saturated carbocycles. The van der Waals surface area contributed by atoms with E-state index in [1.807, 2.05) is 6.92 Å². The van der Waals surface area contributed by atoms with E-state index in [1.54, 1.807) is 9.80 Å². The van der Waals surface area contributed by atoms with Crippen molar-refractivity contribution in [3.63, 3.8) is 0 Å². The molecule has 0 aromatic rings. The van der Waals surface area contributed by atoms with Crippen molar-refractivity contribution in [3.8, 4) is 0 Å². The second kappa shape index (κ2) is 7.27. The zero-order chi connectivity index (χ0) is 12.7. The number of hydrogen-bond acceptors (Lipinski definition) is 3. The maximum absolute atomic E-state index is 11.7. The summed E-state index contributed by atoms with van der Waals surface area (Å²) >= 11 is 0. The predicted molar refractivity (Wildman–Crippen MR) is 66.6 cm³/mol. The Morgan fingerprint density at radius 2 is 1.71 bits per heavy atom. The van der Waals surface area contributed by atoms with Gasteiger partial charge in [0.2, 0.25) is 11.8 Å². The normalized spacial score (nSPS) is 16.8. The van der Waals surface area contributed by atoms with Gasteiger partial charge in [-0.1, -0.05) is 6.92 Å². The molecule has 0 aromatic carbocycles. The average molecular weight is 241 g/mol. The summed E-state index contributed by atoms with van der Waals surface area (Å²) in [5.74, 6) is 0.135. The number of nitrogens with zero attached hydrogens (tertiary/aromatic N) is 2. The Hall–Kier alpha value is -1.10. The van der Waals surface area contributed by atoms with Crippen LogP contribution in [0.15, 0.2) is 0 Å². The lowest BCUT2D eigenvalue weighted by molar-refractivity contribution is -0.149. The summed E-state index contributed by atoms with van der Waals surface area (Å²) in [5, 5.41) is 3.29. The van der Waals surface area contributed by atoms with E-state index in [-0.39, 0.29) is 24.9 Å². The van der Waals surface area contributed by atoms with Crippen LogP contribution in [-0.2, 0) is 9.59 Å². The van der Waals surface area contributed by atoms with Crippen molar-refractivity contribution in [2.75, 3.05) is 39.3 Å². The maximum Gasteiger partial charge on any atom is 0.242 e. The van der Waals surface area contributed by atoms with Gasteiger partial charge in [0, 0.05) is 13.1 Å². The van der Waals surface area contributed by atoms with E-state index in [0.29, 0.717) is 13.1 Å². The first-order valence-electron chi connectivity index (χ1n) is 6.45. The molecule has 1 saturated heterocycles. The standard InChI is InChI=1S/C12H23N3O2/c1-3-6-13-7-5-8-15-10-11(16)14(4-2)9-12(15)17/h13H,3-10H2,1-2H3. The second-order valence-electron chi connectivity index (χ2n) is 4.33. The number of rotatable bonds is 7. The van der Waals surface area contributed by atoms with E-state index in [2.05, 4.69) is 12.2 Å². The SMILES string of the molecule is CCCNCCCN1CC(=O)N(CC)CC1=O. The highest BCUT2D eigenvalue weighted by molar-refractivity contribution is 5.92. The number of hydrogen-bond donors (Lipinski definition) is 1. The van der Waals surface area contributed by atoms with Gasteiger partial charge in [0.05, 0.1) is 13.1 Å². The maximum atomic E-state index is 11.7. The number of nitrogens with one attached hydrogen (secondary N) is 1. The van der Waals surface area contributed by atoms with Gasteiger partial charge in [-0.15, -0.1) is 0 Å². The van der Waals surface area contributed by atoms with Gasteiger partial charge in [-0.3, -0.25) is 9.59 Å². The summed E-state index contributed by atoms with van der Waals surface area (Å²) in [7, 11) is 0. The summed E-state index contributed by atoms with van der Waals surface area (Å²) in [4.78, 5) is 26.6. The summed E-state index contributed by atoms with van der Waals surface area (Å²) in [6.07, 6.45) is 2.03. The van der Waals surface area contributed by atoms with Gasteiger partial charge in [0.15, 0.2) is 0 Å². The van der Waals surface area contributed by atoms with Crippen LogP contribution >= 0.6 is 0 Å². The van der Waals surface area contributed by atoms with Crippen LogP contribution in [0, 0.1) is 0 Å². The van der Waals surface area contributed by atoms with E-state index >= 15 is 0 Å².